The lowest BCUT2D eigenvalue weighted by atomic mass is 9.92. The maximum atomic E-state index is 6.33. The van der Waals surface area contributed by atoms with Crippen LogP contribution in [0.25, 0.3) is 11.3 Å². The zero-order chi connectivity index (χ0) is 14.0. The number of hydrogen-bond acceptors (Lipinski definition) is 4. The average molecular weight is 288 g/mol. The standard InChI is InChI=1S/C16H20N2OS/c1-16(8-5-9-19-16)14(17)10-15-18-13(11-20-15)12-6-3-2-4-7-12/h2-4,6-7,11,14H,5,8-10,17H2,1H3. The Labute approximate surface area is 123 Å². The molecule has 2 atom stereocenters. The number of nitrogens with zero attached hydrogens (tertiary/aromatic N) is 1. The van der Waals surface area contributed by atoms with Gasteiger partial charge in [-0.05, 0) is 19.8 Å². The lowest BCUT2D eigenvalue weighted by molar-refractivity contribution is -0.000910. The van der Waals surface area contributed by atoms with E-state index in [1.165, 1.54) is 0 Å². The number of aromatic nitrogens is 1. The van der Waals surface area contributed by atoms with Crippen LogP contribution in [0.5, 0.6) is 0 Å². The van der Waals surface area contributed by atoms with E-state index in [0.717, 1.165) is 42.1 Å². The Balaban J connectivity index is 1.71. The second-order valence-electron chi connectivity index (χ2n) is 5.57. The van der Waals surface area contributed by atoms with E-state index in [0.29, 0.717) is 0 Å². The van der Waals surface area contributed by atoms with Gasteiger partial charge in [0, 0.05) is 30.0 Å². The SMILES string of the molecule is CC1(C(N)Cc2nc(-c3ccccc3)cs2)CCCO1. The molecule has 4 heteroatoms. The van der Waals surface area contributed by atoms with Crippen LogP contribution in [0.1, 0.15) is 24.8 Å². The largest absolute Gasteiger partial charge is 0.374 e. The molecule has 106 valence electrons. The number of benzene rings is 1. The van der Waals surface area contributed by atoms with E-state index in [1.54, 1.807) is 11.3 Å². The summed E-state index contributed by atoms with van der Waals surface area (Å²) >= 11 is 1.68. The van der Waals surface area contributed by atoms with Gasteiger partial charge in [-0.1, -0.05) is 30.3 Å². The first-order chi connectivity index (χ1) is 9.67. The van der Waals surface area contributed by atoms with Gasteiger partial charge in [-0.2, -0.15) is 0 Å². The van der Waals surface area contributed by atoms with E-state index in [1.807, 2.05) is 18.2 Å². The normalized spacial score (nSPS) is 23.9. The van der Waals surface area contributed by atoms with Gasteiger partial charge in [0.05, 0.1) is 16.3 Å². The van der Waals surface area contributed by atoms with Crippen LogP contribution in [0.2, 0.25) is 0 Å². The molecule has 1 aliphatic heterocycles. The molecule has 0 aliphatic carbocycles. The first-order valence-corrected chi connectivity index (χ1v) is 7.95. The van der Waals surface area contributed by atoms with E-state index in [4.69, 9.17) is 15.5 Å². The van der Waals surface area contributed by atoms with Crippen molar-refractivity contribution in [2.45, 2.75) is 37.8 Å². The van der Waals surface area contributed by atoms with Gasteiger partial charge in [-0.3, -0.25) is 0 Å². The summed E-state index contributed by atoms with van der Waals surface area (Å²) in [6.45, 7) is 2.95. The van der Waals surface area contributed by atoms with E-state index in [-0.39, 0.29) is 11.6 Å². The van der Waals surface area contributed by atoms with Crippen molar-refractivity contribution in [2.75, 3.05) is 6.61 Å². The van der Waals surface area contributed by atoms with E-state index in [2.05, 4.69) is 24.4 Å². The van der Waals surface area contributed by atoms with Crippen LogP contribution in [-0.2, 0) is 11.2 Å². The summed E-state index contributed by atoms with van der Waals surface area (Å²) in [6.07, 6.45) is 2.94. The Hall–Kier alpha value is -1.23. The summed E-state index contributed by atoms with van der Waals surface area (Å²) in [6, 6.07) is 10.3. The van der Waals surface area contributed by atoms with E-state index < -0.39 is 0 Å². The lowest BCUT2D eigenvalue weighted by Crippen LogP contribution is -2.46. The molecule has 0 bridgehead atoms. The van der Waals surface area contributed by atoms with E-state index >= 15 is 0 Å². The summed E-state index contributed by atoms with van der Waals surface area (Å²) in [4.78, 5) is 4.71. The highest BCUT2D eigenvalue weighted by Gasteiger charge is 2.36. The number of rotatable bonds is 4. The predicted octanol–water partition coefficient (Wildman–Crippen LogP) is 3.25. The minimum atomic E-state index is -0.182. The number of nitrogens with two attached hydrogens (primary N) is 1. The third kappa shape index (κ3) is 2.77. The highest BCUT2D eigenvalue weighted by molar-refractivity contribution is 7.09. The number of thiazole rings is 1. The van der Waals surface area contributed by atoms with Gasteiger partial charge in [0.2, 0.25) is 0 Å². The molecule has 2 N–H and O–H groups in total. The molecule has 0 saturated carbocycles. The lowest BCUT2D eigenvalue weighted by Gasteiger charge is -2.29. The predicted molar refractivity (Wildman–Crippen MR) is 82.8 cm³/mol. The van der Waals surface area contributed by atoms with Crippen molar-refractivity contribution in [3.05, 3.63) is 40.7 Å². The summed E-state index contributed by atoms with van der Waals surface area (Å²) in [5.74, 6) is 0. The van der Waals surface area contributed by atoms with Gasteiger partial charge in [-0.25, -0.2) is 4.98 Å². The van der Waals surface area contributed by atoms with Gasteiger partial charge >= 0.3 is 0 Å². The highest BCUT2D eigenvalue weighted by atomic mass is 32.1. The summed E-state index contributed by atoms with van der Waals surface area (Å²) in [5.41, 5.74) is 8.35. The molecule has 1 aromatic carbocycles. The highest BCUT2D eigenvalue weighted by Crippen LogP contribution is 2.30. The molecule has 1 fully saturated rings. The van der Waals surface area contributed by atoms with Crippen LogP contribution in [0.3, 0.4) is 0 Å². The average Bonchev–Trinajstić information content (AvgIpc) is 3.10. The fourth-order valence-electron chi connectivity index (χ4n) is 2.64. The van der Waals surface area contributed by atoms with Gasteiger partial charge in [0.15, 0.2) is 0 Å². The second-order valence-corrected chi connectivity index (χ2v) is 6.51. The Bertz CT molecular complexity index is 561. The minimum Gasteiger partial charge on any atom is -0.374 e. The van der Waals surface area contributed by atoms with Crippen molar-refractivity contribution in [3.63, 3.8) is 0 Å². The molecule has 0 amide bonds. The van der Waals surface area contributed by atoms with Crippen LogP contribution in [0.15, 0.2) is 35.7 Å². The molecule has 0 radical (unpaired) electrons. The molecule has 1 saturated heterocycles. The first kappa shape index (κ1) is 13.7. The Morgan fingerprint density at radius 3 is 2.90 bits per heavy atom. The first-order valence-electron chi connectivity index (χ1n) is 7.07. The van der Waals surface area contributed by atoms with E-state index in [9.17, 15) is 0 Å². The minimum absolute atomic E-state index is 0.0137. The fourth-order valence-corrected chi connectivity index (χ4v) is 3.51. The monoisotopic (exact) mass is 288 g/mol. The quantitative estimate of drug-likeness (QED) is 0.939. The zero-order valence-electron chi connectivity index (χ0n) is 11.7. The molecule has 2 unspecified atom stereocenters. The molecule has 20 heavy (non-hydrogen) atoms. The van der Waals surface area contributed by atoms with Gasteiger partial charge in [-0.15, -0.1) is 11.3 Å². The van der Waals surface area contributed by atoms with Crippen molar-refractivity contribution in [2.24, 2.45) is 5.73 Å². The fraction of sp³-hybridized carbons (Fsp3) is 0.438. The Kier molecular flexibility index (Phi) is 3.87. The van der Waals surface area contributed by atoms with Gasteiger partial charge in [0.25, 0.3) is 0 Å². The maximum absolute atomic E-state index is 6.33. The molecule has 3 nitrogen and oxygen atoms in total. The third-order valence-corrected chi connectivity index (χ3v) is 4.92. The maximum Gasteiger partial charge on any atom is 0.0949 e. The van der Waals surface area contributed by atoms with Crippen LogP contribution < -0.4 is 5.73 Å². The topological polar surface area (TPSA) is 48.1 Å². The molecule has 2 aromatic rings. The van der Waals surface area contributed by atoms with Crippen LogP contribution in [-0.4, -0.2) is 23.2 Å². The van der Waals surface area contributed by atoms with Crippen molar-refractivity contribution in [3.8, 4) is 11.3 Å². The van der Waals surface area contributed by atoms with Gasteiger partial charge in [0.1, 0.15) is 0 Å². The molecule has 0 spiro atoms. The van der Waals surface area contributed by atoms with Crippen LogP contribution in [0.4, 0.5) is 0 Å². The third-order valence-electron chi connectivity index (χ3n) is 4.05. The van der Waals surface area contributed by atoms with Crippen LogP contribution >= 0.6 is 11.3 Å². The summed E-state index contributed by atoms with van der Waals surface area (Å²) < 4.78 is 5.82. The summed E-state index contributed by atoms with van der Waals surface area (Å²) in [5, 5.41) is 3.20. The summed E-state index contributed by atoms with van der Waals surface area (Å²) in [7, 11) is 0. The Morgan fingerprint density at radius 1 is 1.40 bits per heavy atom. The smallest absolute Gasteiger partial charge is 0.0949 e. The van der Waals surface area contributed by atoms with Crippen molar-refractivity contribution in [1.82, 2.24) is 4.98 Å². The molecular weight excluding hydrogens is 268 g/mol. The molecule has 3 rings (SSSR count). The zero-order valence-corrected chi connectivity index (χ0v) is 12.5. The van der Waals surface area contributed by atoms with Gasteiger partial charge < -0.3 is 10.5 Å². The number of ether oxygens (including phenoxy) is 1. The molecule has 2 heterocycles. The van der Waals surface area contributed by atoms with Crippen molar-refractivity contribution in [1.29, 1.82) is 0 Å². The van der Waals surface area contributed by atoms with Crippen LogP contribution in [0, 0.1) is 0 Å². The van der Waals surface area contributed by atoms with Crippen molar-refractivity contribution >= 4 is 11.3 Å². The van der Waals surface area contributed by atoms with Crippen molar-refractivity contribution < 1.29 is 4.74 Å². The molecule has 1 aliphatic rings. The molecular formula is C16H20N2OS. The number of hydrogen-bond donors (Lipinski definition) is 1. The Morgan fingerprint density at radius 2 is 2.20 bits per heavy atom. The molecule has 1 aromatic heterocycles. The second kappa shape index (κ2) is 5.64.